The first-order valence-corrected chi connectivity index (χ1v) is 11.9. The monoisotopic (exact) mass is 486 g/mol. The summed E-state index contributed by atoms with van der Waals surface area (Å²) < 4.78 is 14.1. The SMILES string of the molecule is COc1ccc(OC)c(C(=O)CSc2nnc3n(Cc4ccccc4)c(=O)c4ccccc4n23)c1. The molecule has 3 aromatic carbocycles. The highest BCUT2D eigenvalue weighted by Gasteiger charge is 2.19. The fourth-order valence-electron chi connectivity index (χ4n) is 3.98. The second-order valence-corrected chi connectivity index (χ2v) is 8.73. The number of rotatable bonds is 8. The summed E-state index contributed by atoms with van der Waals surface area (Å²) in [6.07, 6.45) is 0. The van der Waals surface area contributed by atoms with E-state index < -0.39 is 0 Å². The maximum absolute atomic E-state index is 13.3. The van der Waals surface area contributed by atoms with Crippen molar-refractivity contribution >= 4 is 34.2 Å². The number of para-hydroxylation sites is 1. The summed E-state index contributed by atoms with van der Waals surface area (Å²) in [6, 6.07) is 22.2. The van der Waals surface area contributed by atoms with Crippen LogP contribution in [-0.2, 0) is 6.54 Å². The number of benzene rings is 3. The van der Waals surface area contributed by atoms with Crippen LogP contribution in [0.2, 0.25) is 0 Å². The van der Waals surface area contributed by atoms with Crippen molar-refractivity contribution in [2.45, 2.75) is 11.7 Å². The van der Waals surface area contributed by atoms with Crippen molar-refractivity contribution in [1.29, 1.82) is 0 Å². The zero-order chi connectivity index (χ0) is 24.4. The third kappa shape index (κ3) is 4.26. The van der Waals surface area contributed by atoms with Gasteiger partial charge in [-0.15, -0.1) is 10.2 Å². The van der Waals surface area contributed by atoms with E-state index in [0.717, 1.165) is 5.56 Å². The first-order valence-electron chi connectivity index (χ1n) is 10.9. The van der Waals surface area contributed by atoms with Crippen molar-refractivity contribution in [2.24, 2.45) is 0 Å². The number of thioether (sulfide) groups is 1. The van der Waals surface area contributed by atoms with Gasteiger partial charge in [0.1, 0.15) is 11.5 Å². The minimum atomic E-state index is -0.141. The molecular weight excluding hydrogens is 464 g/mol. The molecule has 0 saturated carbocycles. The molecule has 0 N–H and O–H groups in total. The molecule has 5 rings (SSSR count). The first-order chi connectivity index (χ1) is 17.1. The molecular formula is C26H22N4O4S. The van der Waals surface area contributed by atoms with E-state index in [4.69, 9.17) is 9.47 Å². The molecule has 0 amide bonds. The van der Waals surface area contributed by atoms with Gasteiger partial charge in [0.2, 0.25) is 5.78 Å². The van der Waals surface area contributed by atoms with Gasteiger partial charge in [0.15, 0.2) is 10.9 Å². The number of nitrogens with zero attached hydrogens (tertiary/aromatic N) is 4. The van der Waals surface area contributed by atoms with Crippen molar-refractivity contribution < 1.29 is 14.3 Å². The molecule has 0 unspecified atom stereocenters. The molecule has 0 saturated heterocycles. The fourth-order valence-corrected chi connectivity index (χ4v) is 4.80. The van der Waals surface area contributed by atoms with Crippen LogP contribution in [0.4, 0.5) is 0 Å². The topological polar surface area (TPSA) is 87.7 Å². The Bertz CT molecular complexity index is 1590. The number of Topliss-reactive ketones (excluding diaryl/α,β-unsaturated/α-hetero) is 1. The summed E-state index contributed by atoms with van der Waals surface area (Å²) in [7, 11) is 3.07. The summed E-state index contributed by atoms with van der Waals surface area (Å²) in [5.41, 5.74) is 1.96. The smallest absolute Gasteiger partial charge is 0.263 e. The summed E-state index contributed by atoms with van der Waals surface area (Å²) in [5.74, 6) is 1.44. The number of ether oxygens (including phenoxy) is 2. The molecule has 176 valence electrons. The molecule has 0 aliphatic rings. The maximum Gasteiger partial charge on any atom is 0.263 e. The highest BCUT2D eigenvalue weighted by molar-refractivity contribution is 7.99. The lowest BCUT2D eigenvalue weighted by molar-refractivity contribution is 0.101. The molecule has 0 aliphatic carbocycles. The van der Waals surface area contributed by atoms with Gasteiger partial charge in [-0.05, 0) is 35.9 Å². The number of aromatic nitrogens is 4. The van der Waals surface area contributed by atoms with Crippen LogP contribution in [0.1, 0.15) is 15.9 Å². The van der Waals surface area contributed by atoms with Crippen LogP contribution in [0.3, 0.4) is 0 Å². The van der Waals surface area contributed by atoms with Crippen LogP contribution in [0, 0.1) is 0 Å². The third-order valence-corrected chi connectivity index (χ3v) is 6.63. The van der Waals surface area contributed by atoms with E-state index >= 15 is 0 Å². The minimum absolute atomic E-state index is 0.108. The number of carbonyl (C=O) groups excluding carboxylic acids is 1. The van der Waals surface area contributed by atoms with Gasteiger partial charge >= 0.3 is 0 Å². The molecule has 0 spiro atoms. The molecule has 8 nitrogen and oxygen atoms in total. The van der Waals surface area contributed by atoms with Crippen LogP contribution in [0.25, 0.3) is 16.7 Å². The lowest BCUT2D eigenvalue weighted by Crippen LogP contribution is -2.24. The summed E-state index contributed by atoms with van der Waals surface area (Å²) >= 11 is 1.26. The Morgan fingerprint density at radius 1 is 0.943 bits per heavy atom. The summed E-state index contributed by atoms with van der Waals surface area (Å²) in [4.78, 5) is 26.4. The van der Waals surface area contributed by atoms with E-state index in [1.165, 1.54) is 18.9 Å². The van der Waals surface area contributed by atoms with Crippen LogP contribution < -0.4 is 15.0 Å². The van der Waals surface area contributed by atoms with Gasteiger partial charge in [0.05, 0.1) is 43.0 Å². The first kappa shape index (κ1) is 22.7. The predicted molar refractivity (Wildman–Crippen MR) is 135 cm³/mol. The van der Waals surface area contributed by atoms with E-state index in [0.29, 0.717) is 45.4 Å². The van der Waals surface area contributed by atoms with Crippen molar-refractivity contribution in [1.82, 2.24) is 19.2 Å². The molecule has 0 bridgehead atoms. The highest BCUT2D eigenvalue weighted by atomic mass is 32.2. The quantitative estimate of drug-likeness (QED) is 0.241. The lowest BCUT2D eigenvalue weighted by Gasteiger charge is -2.12. The zero-order valence-electron chi connectivity index (χ0n) is 19.2. The molecule has 2 heterocycles. The molecule has 0 fully saturated rings. The molecule has 0 radical (unpaired) electrons. The van der Waals surface area contributed by atoms with Crippen LogP contribution in [0.5, 0.6) is 11.5 Å². The molecule has 0 aliphatic heterocycles. The van der Waals surface area contributed by atoms with Gasteiger partial charge in [0.25, 0.3) is 5.56 Å². The Balaban J connectivity index is 1.55. The van der Waals surface area contributed by atoms with Gasteiger partial charge in [-0.2, -0.15) is 0 Å². The standard InChI is InChI=1S/C26H22N4O4S/c1-33-18-12-13-23(34-2)20(14-18)22(31)16-35-26-28-27-25-29(15-17-8-4-3-5-9-17)24(32)19-10-6-7-11-21(19)30(25)26/h3-14H,15-16H2,1-2H3. The average Bonchev–Trinajstić information content (AvgIpc) is 3.34. The Labute approximate surface area is 205 Å². The van der Waals surface area contributed by atoms with Gasteiger partial charge in [-0.1, -0.05) is 54.2 Å². The van der Waals surface area contributed by atoms with E-state index in [-0.39, 0.29) is 17.1 Å². The average molecular weight is 487 g/mol. The predicted octanol–water partition coefficient (Wildman–Crippen LogP) is 4.08. The molecule has 5 aromatic rings. The van der Waals surface area contributed by atoms with Crippen molar-refractivity contribution in [3.05, 3.63) is 94.3 Å². The summed E-state index contributed by atoms with van der Waals surface area (Å²) in [5, 5.41) is 9.75. The van der Waals surface area contributed by atoms with Crippen LogP contribution in [0.15, 0.2) is 82.7 Å². The Hall–Kier alpha value is -4.11. The van der Waals surface area contributed by atoms with Crippen LogP contribution >= 0.6 is 11.8 Å². The summed E-state index contributed by atoms with van der Waals surface area (Å²) in [6.45, 7) is 0.358. The minimum Gasteiger partial charge on any atom is -0.497 e. The fraction of sp³-hybridized carbons (Fsp3) is 0.154. The second-order valence-electron chi connectivity index (χ2n) is 7.79. The maximum atomic E-state index is 13.3. The Kier molecular flexibility index (Phi) is 6.24. The molecule has 0 atom stereocenters. The molecule has 35 heavy (non-hydrogen) atoms. The zero-order valence-corrected chi connectivity index (χ0v) is 20.0. The number of ketones is 1. The molecule has 9 heteroatoms. The normalized spacial score (nSPS) is 11.1. The van der Waals surface area contributed by atoms with E-state index in [9.17, 15) is 9.59 Å². The number of hydrogen-bond donors (Lipinski definition) is 0. The highest BCUT2D eigenvalue weighted by Crippen LogP contribution is 2.28. The second kappa shape index (κ2) is 9.63. The van der Waals surface area contributed by atoms with Gasteiger partial charge < -0.3 is 9.47 Å². The molecule has 2 aromatic heterocycles. The van der Waals surface area contributed by atoms with Gasteiger partial charge in [0, 0.05) is 0 Å². The van der Waals surface area contributed by atoms with Crippen molar-refractivity contribution in [2.75, 3.05) is 20.0 Å². The van der Waals surface area contributed by atoms with E-state index in [2.05, 4.69) is 10.2 Å². The largest absolute Gasteiger partial charge is 0.497 e. The Morgan fingerprint density at radius 3 is 2.49 bits per heavy atom. The number of carbonyl (C=O) groups is 1. The van der Waals surface area contributed by atoms with Crippen molar-refractivity contribution in [3.8, 4) is 11.5 Å². The lowest BCUT2D eigenvalue weighted by atomic mass is 10.1. The number of methoxy groups -OCH3 is 2. The van der Waals surface area contributed by atoms with Gasteiger partial charge in [-0.3, -0.25) is 18.6 Å². The van der Waals surface area contributed by atoms with E-state index in [1.54, 1.807) is 35.9 Å². The third-order valence-electron chi connectivity index (χ3n) is 5.70. The number of hydrogen-bond acceptors (Lipinski definition) is 7. The van der Waals surface area contributed by atoms with Crippen LogP contribution in [-0.4, -0.2) is 44.9 Å². The Morgan fingerprint density at radius 2 is 1.71 bits per heavy atom. The van der Waals surface area contributed by atoms with E-state index in [1.807, 2.05) is 52.9 Å². The van der Waals surface area contributed by atoms with Crippen molar-refractivity contribution in [3.63, 3.8) is 0 Å². The number of fused-ring (bicyclic) bond motifs is 3. The van der Waals surface area contributed by atoms with Gasteiger partial charge in [-0.25, -0.2) is 0 Å².